The molecule has 7 heteroatoms. The molecule has 1 heterocycles. The molecule has 0 aliphatic heterocycles. The van der Waals surface area contributed by atoms with Crippen LogP contribution in [0.1, 0.15) is 24.8 Å². The van der Waals surface area contributed by atoms with E-state index in [-0.39, 0.29) is 17.5 Å². The van der Waals surface area contributed by atoms with Gasteiger partial charge in [0.2, 0.25) is 5.91 Å². The van der Waals surface area contributed by atoms with Crippen molar-refractivity contribution in [3.63, 3.8) is 0 Å². The van der Waals surface area contributed by atoms with Gasteiger partial charge in [-0.15, -0.1) is 0 Å². The molecule has 24 heavy (non-hydrogen) atoms. The number of hydrogen-bond acceptors (Lipinski definition) is 5. The quantitative estimate of drug-likeness (QED) is 0.552. The molecule has 1 N–H and O–H groups in total. The van der Waals surface area contributed by atoms with E-state index in [1.54, 1.807) is 6.07 Å². The Kier molecular flexibility index (Phi) is 4.52. The zero-order valence-corrected chi connectivity index (χ0v) is 13.7. The summed E-state index contributed by atoms with van der Waals surface area (Å²) >= 11 is 1.23. The Hall–Kier alpha value is -2.80. The summed E-state index contributed by atoms with van der Waals surface area (Å²) in [6.45, 7) is 1.96. The number of carbonyl (C=O) groups is 1. The number of benzene rings is 2. The predicted molar refractivity (Wildman–Crippen MR) is 94.4 cm³/mol. The fourth-order valence-corrected chi connectivity index (χ4v) is 3.43. The van der Waals surface area contributed by atoms with Gasteiger partial charge in [0.15, 0.2) is 5.13 Å². The molecular weight excluding hydrogens is 326 g/mol. The molecule has 0 spiro atoms. The zero-order valence-electron chi connectivity index (χ0n) is 12.9. The number of nitrogens with one attached hydrogen (secondary N) is 1. The van der Waals surface area contributed by atoms with Gasteiger partial charge in [-0.05, 0) is 18.1 Å². The minimum absolute atomic E-state index is 0.0137. The Bertz CT molecular complexity index is 892. The third kappa shape index (κ3) is 3.26. The highest BCUT2D eigenvalue weighted by Gasteiger charge is 2.20. The number of nitro groups is 1. The van der Waals surface area contributed by atoms with Crippen molar-refractivity contribution in [2.75, 3.05) is 5.32 Å². The lowest BCUT2D eigenvalue weighted by atomic mass is 9.96. The largest absolute Gasteiger partial charge is 0.301 e. The number of nitro benzene ring substituents is 1. The summed E-state index contributed by atoms with van der Waals surface area (Å²) in [6.07, 6.45) is 0.673. The van der Waals surface area contributed by atoms with Gasteiger partial charge in [0, 0.05) is 12.1 Å². The van der Waals surface area contributed by atoms with E-state index in [0.29, 0.717) is 21.8 Å². The Labute approximate surface area is 142 Å². The zero-order chi connectivity index (χ0) is 17.1. The molecule has 1 amide bonds. The second-order valence-corrected chi connectivity index (χ2v) is 6.32. The standard InChI is InChI=1S/C17H15N3O3S/c1-2-13(11-6-4-3-5-7-11)16(21)19-17-18-14-9-8-12(20(22)23)10-15(14)24-17/h3-10,13H,2H2,1H3,(H,18,19,21)/t13-/m1/s1. The number of aromatic nitrogens is 1. The molecule has 0 aliphatic carbocycles. The highest BCUT2D eigenvalue weighted by Crippen LogP contribution is 2.30. The molecule has 3 aromatic rings. The summed E-state index contributed by atoms with van der Waals surface area (Å²) in [7, 11) is 0. The summed E-state index contributed by atoms with van der Waals surface area (Å²) in [5.74, 6) is -0.384. The predicted octanol–water partition coefficient (Wildman–Crippen LogP) is 4.34. The van der Waals surface area contributed by atoms with E-state index >= 15 is 0 Å². The van der Waals surface area contributed by atoms with Crippen molar-refractivity contribution in [1.29, 1.82) is 0 Å². The van der Waals surface area contributed by atoms with Gasteiger partial charge in [0.05, 0.1) is 21.1 Å². The molecule has 1 aromatic heterocycles. The summed E-state index contributed by atoms with van der Waals surface area (Å²) in [6, 6.07) is 14.0. The van der Waals surface area contributed by atoms with Crippen LogP contribution in [0.5, 0.6) is 0 Å². The maximum Gasteiger partial charge on any atom is 0.270 e. The highest BCUT2D eigenvalue weighted by molar-refractivity contribution is 7.22. The van der Waals surface area contributed by atoms with E-state index in [2.05, 4.69) is 10.3 Å². The van der Waals surface area contributed by atoms with Crippen LogP contribution in [0.15, 0.2) is 48.5 Å². The lowest BCUT2D eigenvalue weighted by molar-refractivity contribution is -0.384. The minimum Gasteiger partial charge on any atom is -0.301 e. The van der Waals surface area contributed by atoms with Crippen LogP contribution >= 0.6 is 11.3 Å². The number of anilines is 1. The number of rotatable bonds is 5. The number of carbonyl (C=O) groups excluding carboxylic acids is 1. The molecule has 122 valence electrons. The van der Waals surface area contributed by atoms with Crippen LogP contribution in [0.2, 0.25) is 0 Å². The molecule has 3 rings (SSSR count). The SMILES string of the molecule is CC[C@@H](C(=O)Nc1nc2ccc([N+](=O)[O-])cc2s1)c1ccccc1. The molecule has 0 aliphatic rings. The summed E-state index contributed by atoms with van der Waals surface area (Å²) in [4.78, 5) is 27.3. The summed E-state index contributed by atoms with van der Waals surface area (Å²) in [5.41, 5.74) is 1.60. The second-order valence-electron chi connectivity index (χ2n) is 5.29. The smallest absolute Gasteiger partial charge is 0.270 e. The average molecular weight is 341 g/mol. The molecule has 6 nitrogen and oxygen atoms in total. The van der Waals surface area contributed by atoms with Gasteiger partial charge in [0.1, 0.15) is 0 Å². The van der Waals surface area contributed by atoms with Gasteiger partial charge in [-0.2, -0.15) is 0 Å². The molecule has 0 radical (unpaired) electrons. The molecule has 0 fully saturated rings. The molecule has 0 unspecified atom stereocenters. The first-order chi connectivity index (χ1) is 11.6. The molecule has 1 atom stereocenters. The Morgan fingerprint density at radius 2 is 2.04 bits per heavy atom. The normalized spacial score (nSPS) is 12.0. The van der Waals surface area contributed by atoms with E-state index in [0.717, 1.165) is 5.56 Å². The first-order valence-corrected chi connectivity index (χ1v) is 8.31. The van der Waals surface area contributed by atoms with Gasteiger partial charge in [0.25, 0.3) is 5.69 Å². The topological polar surface area (TPSA) is 85.1 Å². The molecule has 2 aromatic carbocycles. The third-order valence-corrected chi connectivity index (χ3v) is 4.67. The van der Waals surface area contributed by atoms with Crippen LogP contribution in [0.4, 0.5) is 10.8 Å². The second kappa shape index (κ2) is 6.76. The third-order valence-electron chi connectivity index (χ3n) is 3.74. The Morgan fingerprint density at radius 1 is 1.29 bits per heavy atom. The van der Waals surface area contributed by atoms with Gasteiger partial charge in [-0.25, -0.2) is 4.98 Å². The summed E-state index contributed by atoms with van der Waals surface area (Å²) in [5, 5.41) is 14.1. The van der Waals surface area contributed by atoms with Gasteiger partial charge < -0.3 is 5.32 Å². The lowest BCUT2D eigenvalue weighted by Crippen LogP contribution is -2.20. The van der Waals surface area contributed by atoms with E-state index < -0.39 is 4.92 Å². The number of nitrogens with zero attached hydrogens (tertiary/aromatic N) is 2. The number of thiazole rings is 1. The van der Waals surface area contributed by atoms with E-state index in [4.69, 9.17) is 0 Å². The average Bonchev–Trinajstić information content (AvgIpc) is 2.97. The first kappa shape index (κ1) is 16.1. The monoisotopic (exact) mass is 341 g/mol. The van der Waals surface area contributed by atoms with E-state index in [1.807, 2.05) is 37.3 Å². The minimum atomic E-state index is -0.445. The van der Waals surface area contributed by atoms with Crippen molar-refractivity contribution in [2.24, 2.45) is 0 Å². The molecular formula is C17H15N3O3S. The molecule has 0 bridgehead atoms. The van der Waals surface area contributed by atoms with Gasteiger partial charge in [-0.3, -0.25) is 14.9 Å². The van der Waals surface area contributed by atoms with Gasteiger partial charge >= 0.3 is 0 Å². The van der Waals surface area contributed by atoms with Crippen molar-refractivity contribution in [1.82, 2.24) is 4.98 Å². The Morgan fingerprint density at radius 3 is 2.71 bits per heavy atom. The number of non-ortho nitro benzene ring substituents is 1. The number of fused-ring (bicyclic) bond motifs is 1. The van der Waals surface area contributed by atoms with E-state index in [1.165, 1.54) is 23.5 Å². The highest BCUT2D eigenvalue weighted by atomic mass is 32.1. The lowest BCUT2D eigenvalue weighted by Gasteiger charge is -2.13. The summed E-state index contributed by atoms with van der Waals surface area (Å²) < 4.78 is 0.673. The van der Waals surface area contributed by atoms with Crippen molar-refractivity contribution >= 4 is 38.3 Å². The van der Waals surface area contributed by atoms with Crippen LogP contribution in [-0.2, 0) is 4.79 Å². The van der Waals surface area contributed by atoms with Crippen molar-refractivity contribution in [3.8, 4) is 0 Å². The van der Waals surface area contributed by atoms with Crippen LogP contribution in [0.3, 0.4) is 0 Å². The number of amides is 1. The number of hydrogen-bond donors (Lipinski definition) is 1. The Balaban J connectivity index is 1.83. The van der Waals surface area contributed by atoms with Crippen molar-refractivity contribution in [2.45, 2.75) is 19.3 Å². The maximum atomic E-state index is 12.5. The maximum absolute atomic E-state index is 12.5. The van der Waals surface area contributed by atoms with E-state index in [9.17, 15) is 14.9 Å². The van der Waals surface area contributed by atoms with Crippen LogP contribution in [-0.4, -0.2) is 15.8 Å². The van der Waals surface area contributed by atoms with Crippen molar-refractivity contribution < 1.29 is 9.72 Å². The molecule has 0 saturated heterocycles. The fourth-order valence-electron chi connectivity index (χ4n) is 2.53. The van der Waals surface area contributed by atoms with Crippen molar-refractivity contribution in [3.05, 3.63) is 64.2 Å². The van der Waals surface area contributed by atoms with Crippen LogP contribution in [0.25, 0.3) is 10.2 Å². The van der Waals surface area contributed by atoms with Crippen LogP contribution < -0.4 is 5.32 Å². The first-order valence-electron chi connectivity index (χ1n) is 7.49. The molecule has 0 saturated carbocycles. The fraction of sp³-hybridized carbons (Fsp3) is 0.176. The van der Waals surface area contributed by atoms with Crippen LogP contribution in [0, 0.1) is 10.1 Å². The van der Waals surface area contributed by atoms with Gasteiger partial charge in [-0.1, -0.05) is 48.6 Å².